The van der Waals surface area contributed by atoms with Gasteiger partial charge in [-0.1, -0.05) is 11.8 Å². The molecule has 9 nitrogen and oxygen atoms in total. The number of nitrogens with one attached hydrogen (secondary N) is 2. The molecule has 0 bridgehead atoms. The molecule has 1 saturated heterocycles. The molecule has 2 heterocycles. The highest BCUT2D eigenvalue weighted by Crippen LogP contribution is 2.23. The van der Waals surface area contributed by atoms with Gasteiger partial charge in [0.1, 0.15) is 16.7 Å². The molecular weight excluding hydrogens is 384 g/mol. The molecule has 0 aliphatic carbocycles. The normalized spacial score (nSPS) is 18.2. The van der Waals surface area contributed by atoms with Gasteiger partial charge in [0.15, 0.2) is 5.17 Å². The number of nitrogens with zero attached hydrogens (tertiary/aromatic N) is 2. The van der Waals surface area contributed by atoms with Gasteiger partial charge in [0, 0.05) is 12.1 Å². The zero-order valence-electron chi connectivity index (χ0n) is 14.7. The number of amides is 2. The SMILES string of the molecule is C/C(=N/N=C1/NC(=O)C(CC(=O)Nc2ccc(C(=O)O)cc2)S1)c1ccco1. The van der Waals surface area contributed by atoms with Crippen LogP contribution in [-0.4, -0.2) is 39.0 Å². The van der Waals surface area contributed by atoms with Crippen LogP contribution in [0.15, 0.2) is 57.3 Å². The Bertz CT molecular complexity index is 951. The summed E-state index contributed by atoms with van der Waals surface area (Å²) in [5, 5.41) is 21.8. The van der Waals surface area contributed by atoms with Crippen LogP contribution in [0, 0.1) is 0 Å². The quantitative estimate of drug-likeness (QED) is 0.503. The molecule has 0 spiro atoms. The number of aromatic carboxylic acids is 1. The third kappa shape index (κ3) is 4.86. The van der Waals surface area contributed by atoms with Crippen molar-refractivity contribution in [3.8, 4) is 0 Å². The van der Waals surface area contributed by atoms with Crippen molar-refractivity contribution in [2.75, 3.05) is 5.32 Å². The number of carboxylic acids is 1. The standard InChI is InChI=1S/C18H16N4O5S/c1-10(13-3-2-8-27-13)21-22-18-20-16(24)14(28-18)9-15(23)19-12-6-4-11(5-7-12)17(25)26/h2-8,14H,9H2,1H3,(H,19,23)(H,25,26)(H,20,22,24)/b21-10-. The summed E-state index contributed by atoms with van der Waals surface area (Å²) < 4.78 is 5.20. The van der Waals surface area contributed by atoms with Crippen molar-refractivity contribution in [1.82, 2.24) is 5.32 Å². The lowest BCUT2D eigenvalue weighted by Gasteiger charge is -2.07. The summed E-state index contributed by atoms with van der Waals surface area (Å²) in [7, 11) is 0. The highest BCUT2D eigenvalue weighted by molar-refractivity contribution is 8.15. The average Bonchev–Trinajstić information content (AvgIpc) is 3.31. The van der Waals surface area contributed by atoms with Gasteiger partial charge in [-0.15, -0.1) is 10.2 Å². The van der Waals surface area contributed by atoms with Crippen molar-refractivity contribution in [3.63, 3.8) is 0 Å². The van der Waals surface area contributed by atoms with E-state index in [4.69, 9.17) is 9.52 Å². The average molecular weight is 400 g/mol. The fourth-order valence-electron chi connectivity index (χ4n) is 2.32. The van der Waals surface area contributed by atoms with Gasteiger partial charge in [-0.3, -0.25) is 9.59 Å². The van der Waals surface area contributed by atoms with Crippen molar-refractivity contribution < 1.29 is 23.9 Å². The molecule has 1 fully saturated rings. The van der Waals surface area contributed by atoms with Crippen LogP contribution in [0.4, 0.5) is 5.69 Å². The summed E-state index contributed by atoms with van der Waals surface area (Å²) in [4.78, 5) is 35.0. The van der Waals surface area contributed by atoms with Gasteiger partial charge >= 0.3 is 5.97 Å². The molecule has 1 aliphatic rings. The van der Waals surface area contributed by atoms with Gasteiger partial charge in [-0.2, -0.15) is 0 Å². The van der Waals surface area contributed by atoms with Gasteiger partial charge < -0.3 is 20.2 Å². The third-order valence-corrected chi connectivity index (χ3v) is 4.80. The van der Waals surface area contributed by atoms with E-state index in [0.717, 1.165) is 11.8 Å². The molecule has 144 valence electrons. The fraction of sp³-hybridized carbons (Fsp3) is 0.167. The van der Waals surface area contributed by atoms with Crippen molar-refractivity contribution in [2.24, 2.45) is 10.2 Å². The Labute approximate surface area is 163 Å². The van der Waals surface area contributed by atoms with Crippen LogP contribution in [0.25, 0.3) is 0 Å². The zero-order valence-corrected chi connectivity index (χ0v) is 15.5. The van der Waals surface area contributed by atoms with Crippen LogP contribution in [0.1, 0.15) is 29.5 Å². The van der Waals surface area contributed by atoms with Crippen LogP contribution >= 0.6 is 11.8 Å². The maximum atomic E-state index is 12.2. The number of carbonyl (C=O) groups excluding carboxylic acids is 2. The minimum atomic E-state index is -1.05. The monoisotopic (exact) mass is 400 g/mol. The molecule has 1 aromatic heterocycles. The topological polar surface area (TPSA) is 133 Å². The second-order valence-electron chi connectivity index (χ2n) is 5.80. The van der Waals surface area contributed by atoms with E-state index in [9.17, 15) is 14.4 Å². The Balaban J connectivity index is 1.56. The molecule has 3 rings (SSSR count). The number of benzene rings is 1. The van der Waals surface area contributed by atoms with Crippen LogP contribution < -0.4 is 10.6 Å². The molecule has 1 unspecified atom stereocenters. The Morgan fingerprint density at radius 1 is 1.29 bits per heavy atom. The first-order valence-electron chi connectivity index (χ1n) is 8.19. The molecular formula is C18H16N4O5S. The number of hydrogen-bond donors (Lipinski definition) is 3. The van der Waals surface area contributed by atoms with Gasteiger partial charge in [0.05, 0.1) is 11.8 Å². The molecule has 3 N–H and O–H groups in total. The smallest absolute Gasteiger partial charge is 0.335 e. The van der Waals surface area contributed by atoms with Gasteiger partial charge in [-0.25, -0.2) is 4.79 Å². The van der Waals surface area contributed by atoms with E-state index >= 15 is 0 Å². The predicted molar refractivity (Wildman–Crippen MR) is 105 cm³/mol. The summed E-state index contributed by atoms with van der Waals surface area (Å²) in [6, 6.07) is 9.23. The van der Waals surface area contributed by atoms with Gasteiger partial charge in [0.2, 0.25) is 11.8 Å². The van der Waals surface area contributed by atoms with Crippen LogP contribution in [0.5, 0.6) is 0 Å². The second kappa shape index (κ2) is 8.53. The van der Waals surface area contributed by atoms with Crippen LogP contribution in [0.2, 0.25) is 0 Å². The lowest BCUT2D eigenvalue weighted by Crippen LogP contribution is -2.28. The summed E-state index contributed by atoms with van der Waals surface area (Å²) in [6.45, 7) is 1.73. The minimum Gasteiger partial charge on any atom is -0.478 e. The Morgan fingerprint density at radius 3 is 2.68 bits per heavy atom. The van der Waals surface area contributed by atoms with Crippen LogP contribution in [0.3, 0.4) is 0 Å². The number of hydrogen-bond acceptors (Lipinski definition) is 7. The highest BCUT2D eigenvalue weighted by Gasteiger charge is 2.32. The number of carboxylic acid groups (broad SMARTS) is 1. The number of rotatable bonds is 6. The minimum absolute atomic E-state index is 0.0585. The van der Waals surface area contributed by atoms with E-state index in [0.29, 0.717) is 22.3 Å². The summed E-state index contributed by atoms with van der Waals surface area (Å²) in [5.41, 5.74) is 1.12. The Kier molecular flexibility index (Phi) is 5.90. The molecule has 2 aromatic rings. The number of carbonyl (C=O) groups is 3. The first-order valence-corrected chi connectivity index (χ1v) is 9.07. The highest BCUT2D eigenvalue weighted by atomic mass is 32.2. The van der Waals surface area contributed by atoms with E-state index in [1.807, 2.05) is 0 Å². The van der Waals surface area contributed by atoms with E-state index in [1.165, 1.54) is 30.5 Å². The maximum Gasteiger partial charge on any atom is 0.335 e. The first kappa shape index (κ1) is 19.4. The molecule has 1 atom stereocenters. The third-order valence-electron chi connectivity index (χ3n) is 3.73. The second-order valence-corrected chi connectivity index (χ2v) is 6.99. The van der Waals surface area contributed by atoms with E-state index in [1.54, 1.807) is 19.1 Å². The van der Waals surface area contributed by atoms with E-state index < -0.39 is 11.2 Å². The lowest BCUT2D eigenvalue weighted by atomic mass is 10.2. The van der Waals surface area contributed by atoms with Gasteiger partial charge in [0.25, 0.3) is 0 Å². The summed E-state index contributed by atoms with van der Waals surface area (Å²) in [5.74, 6) is -1.17. The van der Waals surface area contributed by atoms with Crippen molar-refractivity contribution in [2.45, 2.75) is 18.6 Å². The molecule has 2 amide bonds. The summed E-state index contributed by atoms with van der Waals surface area (Å²) >= 11 is 1.12. The fourth-order valence-corrected chi connectivity index (χ4v) is 3.23. The number of anilines is 1. The number of thioether (sulfide) groups is 1. The van der Waals surface area contributed by atoms with E-state index in [-0.39, 0.29) is 23.8 Å². The van der Waals surface area contributed by atoms with Crippen molar-refractivity contribution in [3.05, 3.63) is 54.0 Å². The largest absolute Gasteiger partial charge is 0.478 e. The molecule has 28 heavy (non-hydrogen) atoms. The maximum absolute atomic E-state index is 12.2. The van der Waals surface area contributed by atoms with Crippen LogP contribution in [-0.2, 0) is 9.59 Å². The van der Waals surface area contributed by atoms with Crippen molar-refractivity contribution in [1.29, 1.82) is 0 Å². The predicted octanol–water partition coefficient (Wildman–Crippen LogP) is 2.32. The lowest BCUT2D eigenvalue weighted by molar-refractivity contribution is -0.122. The molecule has 0 saturated carbocycles. The zero-order chi connectivity index (χ0) is 20.1. The molecule has 0 radical (unpaired) electrons. The number of amidine groups is 1. The molecule has 1 aliphatic heterocycles. The Morgan fingerprint density at radius 2 is 2.04 bits per heavy atom. The molecule has 1 aromatic carbocycles. The number of furan rings is 1. The van der Waals surface area contributed by atoms with E-state index in [2.05, 4.69) is 20.8 Å². The van der Waals surface area contributed by atoms with Gasteiger partial charge in [-0.05, 0) is 43.3 Å². The molecule has 10 heteroatoms. The summed E-state index contributed by atoms with van der Waals surface area (Å²) in [6.07, 6.45) is 1.47. The Hall–Kier alpha value is -3.40. The van der Waals surface area contributed by atoms with Crippen molar-refractivity contribution >= 4 is 46.1 Å². The first-order chi connectivity index (χ1) is 13.4.